The molecule has 2 aliphatic carbocycles. The second-order valence-corrected chi connectivity index (χ2v) is 7.36. The smallest absolute Gasteiger partial charge is 0.188 e. The van der Waals surface area contributed by atoms with Gasteiger partial charge in [-0.25, -0.2) is 23.2 Å². The van der Waals surface area contributed by atoms with Gasteiger partial charge in [0.05, 0.1) is 0 Å². The highest BCUT2D eigenvalue weighted by atomic mass is 32.2. The molecule has 2 rings (SSSR count). The second kappa shape index (κ2) is 5.95. The highest BCUT2D eigenvalue weighted by Crippen LogP contribution is 2.53. The lowest BCUT2D eigenvalue weighted by Gasteiger charge is -2.29. The molecule has 0 nitrogen and oxygen atoms in total. The van der Waals surface area contributed by atoms with Gasteiger partial charge in [-0.05, 0) is 54.4 Å². The monoisotopic (exact) mass is 238 g/mol. The maximum atomic E-state index is 2.30. The quantitative estimate of drug-likeness (QED) is 0.512. The van der Waals surface area contributed by atoms with Gasteiger partial charge in [-0.15, -0.1) is 0 Å². The van der Waals surface area contributed by atoms with E-state index in [9.17, 15) is 0 Å². The van der Waals surface area contributed by atoms with Crippen molar-refractivity contribution in [1.82, 2.24) is 0 Å². The van der Waals surface area contributed by atoms with Crippen LogP contribution >= 0.6 is 23.2 Å². The molecule has 0 aromatic heterocycles. The van der Waals surface area contributed by atoms with Crippen molar-refractivity contribution in [2.24, 2.45) is 17.8 Å². The van der Waals surface area contributed by atoms with Crippen LogP contribution in [0.1, 0.15) is 25.7 Å². The summed E-state index contributed by atoms with van der Waals surface area (Å²) in [5.41, 5.74) is 0. The lowest BCUT2D eigenvalue weighted by atomic mass is 9.86. The zero-order valence-electron chi connectivity index (χ0n) is 9.82. The summed E-state index contributed by atoms with van der Waals surface area (Å²) < 4.78 is 0. The molecular weight excluding hydrogens is 218 g/mol. The zero-order chi connectivity index (χ0) is 10.7. The number of hydrogen-bond donors (Lipinski definition) is 0. The SMILES string of the molecule is C[B]SCCC1CC2CC(S[B]C)C1C2. The predicted octanol–water partition coefficient (Wildman–Crippen LogP) is 3.59. The van der Waals surface area contributed by atoms with Crippen molar-refractivity contribution in [2.75, 3.05) is 5.75 Å². The van der Waals surface area contributed by atoms with Gasteiger partial charge < -0.3 is 0 Å². The molecule has 82 valence electrons. The Kier molecular flexibility index (Phi) is 4.88. The Morgan fingerprint density at radius 3 is 2.67 bits per heavy atom. The lowest BCUT2D eigenvalue weighted by molar-refractivity contribution is 0.336. The van der Waals surface area contributed by atoms with E-state index in [0.717, 1.165) is 23.0 Å². The molecular formula is C11H20B2S2. The molecule has 0 N–H and O–H groups in total. The van der Waals surface area contributed by atoms with E-state index < -0.39 is 0 Å². The van der Waals surface area contributed by atoms with Gasteiger partial charge in [0.2, 0.25) is 0 Å². The molecule has 0 heterocycles. The highest BCUT2D eigenvalue weighted by Gasteiger charge is 2.45. The van der Waals surface area contributed by atoms with E-state index in [1.54, 1.807) is 0 Å². The molecule has 2 bridgehead atoms. The molecule has 0 saturated heterocycles. The van der Waals surface area contributed by atoms with Crippen molar-refractivity contribution in [3.63, 3.8) is 0 Å². The van der Waals surface area contributed by atoms with Crippen molar-refractivity contribution >= 4 is 36.3 Å². The molecule has 4 atom stereocenters. The minimum atomic E-state index is 0.967. The Labute approximate surface area is 104 Å². The lowest BCUT2D eigenvalue weighted by Crippen LogP contribution is -2.23. The summed E-state index contributed by atoms with van der Waals surface area (Å²) in [6.45, 7) is 8.87. The summed E-state index contributed by atoms with van der Waals surface area (Å²) >= 11 is 4.10. The van der Waals surface area contributed by atoms with Crippen molar-refractivity contribution in [3.05, 3.63) is 0 Å². The maximum Gasteiger partial charge on any atom is 0.188 e. The predicted molar refractivity (Wildman–Crippen MR) is 76.0 cm³/mol. The summed E-state index contributed by atoms with van der Waals surface area (Å²) in [6.07, 6.45) is 6.03. The van der Waals surface area contributed by atoms with Crippen LogP contribution in [0, 0.1) is 17.8 Å². The van der Waals surface area contributed by atoms with Gasteiger partial charge in [-0.3, -0.25) is 0 Å². The first kappa shape index (κ1) is 12.3. The topological polar surface area (TPSA) is 0 Å². The normalized spacial score (nSPS) is 38.3. The van der Waals surface area contributed by atoms with Gasteiger partial charge >= 0.3 is 0 Å². The minimum absolute atomic E-state index is 0.967. The highest BCUT2D eigenvalue weighted by molar-refractivity contribution is 8.22. The van der Waals surface area contributed by atoms with E-state index in [-0.39, 0.29) is 0 Å². The first-order chi connectivity index (χ1) is 7.35. The van der Waals surface area contributed by atoms with E-state index >= 15 is 0 Å². The number of rotatable bonds is 6. The molecule has 0 aromatic rings. The second-order valence-electron chi connectivity index (χ2n) is 4.80. The molecule has 0 aromatic carbocycles. The Morgan fingerprint density at radius 2 is 2.00 bits per heavy atom. The summed E-state index contributed by atoms with van der Waals surface area (Å²) in [5, 5.41) is 0.967. The van der Waals surface area contributed by atoms with Gasteiger partial charge in [0.15, 0.2) is 13.1 Å². The molecule has 2 radical (unpaired) electrons. The van der Waals surface area contributed by atoms with Gasteiger partial charge in [0, 0.05) is 0 Å². The van der Waals surface area contributed by atoms with Crippen LogP contribution in [0.3, 0.4) is 0 Å². The van der Waals surface area contributed by atoms with Crippen LogP contribution in [0.4, 0.5) is 0 Å². The first-order valence-electron chi connectivity index (χ1n) is 6.17. The molecule has 0 aliphatic heterocycles. The van der Waals surface area contributed by atoms with Gasteiger partial charge in [0.1, 0.15) is 0 Å². The fraction of sp³-hybridized carbons (Fsp3) is 1.00. The Bertz CT molecular complexity index is 201. The van der Waals surface area contributed by atoms with Crippen LogP contribution in [0.5, 0.6) is 0 Å². The van der Waals surface area contributed by atoms with E-state index in [4.69, 9.17) is 0 Å². The van der Waals surface area contributed by atoms with E-state index in [1.165, 1.54) is 31.4 Å². The Hall–Kier alpha value is 0.830. The molecule has 0 spiro atoms. The fourth-order valence-electron chi connectivity index (χ4n) is 3.43. The molecule has 15 heavy (non-hydrogen) atoms. The van der Waals surface area contributed by atoms with Gasteiger partial charge in [-0.1, -0.05) is 13.6 Å². The first-order valence-corrected chi connectivity index (χ1v) is 8.17. The van der Waals surface area contributed by atoms with Crippen LogP contribution in [0.2, 0.25) is 13.6 Å². The van der Waals surface area contributed by atoms with Crippen molar-refractivity contribution in [1.29, 1.82) is 0 Å². The molecule has 2 fully saturated rings. The maximum absolute atomic E-state index is 2.30. The molecule has 4 heteroatoms. The van der Waals surface area contributed by atoms with Crippen molar-refractivity contribution in [2.45, 2.75) is 44.6 Å². The number of hydrogen-bond acceptors (Lipinski definition) is 2. The summed E-state index contributed by atoms with van der Waals surface area (Å²) in [6, 6.07) is 0. The summed E-state index contributed by atoms with van der Waals surface area (Å²) in [5.74, 6) is 4.52. The molecule has 2 aliphatic rings. The Balaban J connectivity index is 1.77. The summed E-state index contributed by atoms with van der Waals surface area (Å²) in [7, 11) is 0. The van der Waals surface area contributed by atoms with E-state index in [1.807, 2.05) is 11.6 Å². The summed E-state index contributed by atoms with van der Waals surface area (Å²) in [4.78, 5) is 0. The minimum Gasteiger partial charge on any atom is -0.218 e. The number of fused-ring (bicyclic) bond motifs is 2. The van der Waals surface area contributed by atoms with Gasteiger partial charge in [-0.2, -0.15) is 0 Å². The molecule has 4 unspecified atom stereocenters. The Morgan fingerprint density at radius 1 is 1.13 bits per heavy atom. The van der Waals surface area contributed by atoms with E-state index in [0.29, 0.717) is 0 Å². The average Bonchev–Trinajstić information content (AvgIpc) is 2.78. The van der Waals surface area contributed by atoms with Crippen LogP contribution in [-0.2, 0) is 0 Å². The third-order valence-electron chi connectivity index (χ3n) is 3.97. The van der Waals surface area contributed by atoms with Gasteiger partial charge in [0.25, 0.3) is 0 Å². The van der Waals surface area contributed by atoms with Crippen LogP contribution in [0.15, 0.2) is 0 Å². The fourth-order valence-corrected chi connectivity index (χ4v) is 5.37. The van der Waals surface area contributed by atoms with Crippen LogP contribution < -0.4 is 0 Å². The molecule has 0 amide bonds. The average molecular weight is 238 g/mol. The standard InChI is InChI=1S/C11H20B2S2/c1-12-14-4-3-9-5-8-6-10(9)11(7-8)15-13-2/h8-11H,3-7H2,1-2H3. The van der Waals surface area contributed by atoms with Crippen LogP contribution in [0.25, 0.3) is 0 Å². The third-order valence-corrected chi connectivity index (χ3v) is 5.94. The van der Waals surface area contributed by atoms with Crippen molar-refractivity contribution in [3.8, 4) is 0 Å². The third kappa shape index (κ3) is 2.94. The van der Waals surface area contributed by atoms with E-state index in [2.05, 4.69) is 38.4 Å². The van der Waals surface area contributed by atoms with Crippen molar-refractivity contribution < 1.29 is 0 Å². The zero-order valence-corrected chi connectivity index (χ0v) is 11.4. The molecule has 2 saturated carbocycles. The van der Waals surface area contributed by atoms with Crippen LogP contribution in [-0.4, -0.2) is 24.1 Å². The largest absolute Gasteiger partial charge is 0.218 e.